The summed E-state index contributed by atoms with van der Waals surface area (Å²) in [4.78, 5) is 0. The van der Waals surface area contributed by atoms with Crippen LogP contribution in [0, 0.1) is 13.8 Å². The highest BCUT2D eigenvalue weighted by Crippen LogP contribution is 2.11. The van der Waals surface area contributed by atoms with Crippen LogP contribution in [-0.4, -0.2) is 0 Å². The number of benzene rings is 1. The molecule has 0 spiro atoms. The van der Waals surface area contributed by atoms with Crippen molar-refractivity contribution in [2.75, 3.05) is 0 Å². The molecule has 1 rings (SSSR count). The molecule has 0 saturated carbocycles. The lowest BCUT2D eigenvalue weighted by Crippen LogP contribution is -1.88. The topological polar surface area (TPSA) is 0 Å². The SMILES string of the molecule is CCCc1cc(C)ccc1C. The Hall–Kier alpha value is -0.780. The number of hydrogen-bond donors (Lipinski definition) is 0. The predicted octanol–water partition coefficient (Wildman–Crippen LogP) is 3.26. The van der Waals surface area contributed by atoms with Crippen LogP contribution in [0.2, 0.25) is 0 Å². The van der Waals surface area contributed by atoms with Gasteiger partial charge in [0.25, 0.3) is 0 Å². The van der Waals surface area contributed by atoms with Gasteiger partial charge in [-0.1, -0.05) is 37.1 Å². The Morgan fingerprint density at radius 2 is 1.91 bits per heavy atom. The number of rotatable bonds is 2. The second-order valence-corrected chi connectivity index (χ2v) is 3.18. The Morgan fingerprint density at radius 1 is 1.18 bits per heavy atom. The summed E-state index contributed by atoms with van der Waals surface area (Å²) in [6, 6.07) is 6.67. The van der Waals surface area contributed by atoms with E-state index in [9.17, 15) is 0 Å². The average molecular weight is 148 g/mol. The van der Waals surface area contributed by atoms with Gasteiger partial charge >= 0.3 is 0 Å². The van der Waals surface area contributed by atoms with Gasteiger partial charge in [-0.25, -0.2) is 0 Å². The van der Waals surface area contributed by atoms with Crippen molar-refractivity contribution in [2.24, 2.45) is 0 Å². The molecule has 0 heterocycles. The van der Waals surface area contributed by atoms with E-state index >= 15 is 0 Å². The van der Waals surface area contributed by atoms with Crippen molar-refractivity contribution in [1.82, 2.24) is 0 Å². The lowest BCUT2D eigenvalue weighted by atomic mass is 10.0. The molecule has 0 N–H and O–H groups in total. The Bertz CT molecular complexity index is 236. The van der Waals surface area contributed by atoms with Crippen molar-refractivity contribution in [3.63, 3.8) is 0 Å². The minimum atomic E-state index is 1.22. The Labute approximate surface area is 69.3 Å². The minimum absolute atomic E-state index is 1.22. The quantitative estimate of drug-likeness (QED) is 0.604. The first-order valence-electron chi connectivity index (χ1n) is 4.30. The Kier molecular flexibility index (Phi) is 2.70. The van der Waals surface area contributed by atoms with Gasteiger partial charge in [-0.2, -0.15) is 0 Å². The summed E-state index contributed by atoms with van der Waals surface area (Å²) in [5.41, 5.74) is 4.31. The van der Waals surface area contributed by atoms with Crippen LogP contribution in [0.5, 0.6) is 0 Å². The van der Waals surface area contributed by atoms with Crippen LogP contribution < -0.4 is 0 Å². The van der Waals surface area contributed by atoms with Gasteiger partial charge in [0.2, 0.25) is 0 Å². The van der Waals surface area contributed by atoms with Gasteiger partial charge in [-0.3, -0.25) is 0 Å². The second kappa shape index (κ2) is 3.56. The van der Waals surface area contributed by atoms with E-state index in [1.54, 1.807) is 0 Å². The fourth-order valence-electron chi connectivity index (χ4n) is 1.34. The summed E-state index contributed by atoms with van der Waals surface area (Å²) in [7, 11) is 0. The molecule has 0 nitrogen and oxygen atoms in total. The van der Waals surface area contributed by atoms with Crippen molar-refractivity contribution >= 4 is 0 Å². The highest BCUT2D eigenvalue weighted by Gasteiger charge is 1.95. The fraction of sp³-hybridized carbons (Fsp3) is 0.455. The lowest BCUT2D eigenvalue weighted by molar-refractivity contribution is 0.911. The van der Waals surface area contributed by atoms with Gasteiger partial charge < -0.3 is 0 Å². The Morgan fingerprint density at radius 3 is 2.55 bits per heavy atom. The van der Waals surface area contributed by atoms with Crippen LogP contribution in [0.25, 0.3) is 0 Å². The molecule has 0 aromatic heterocycles. The Balaban J connectivity index is 2.93. The predicted molar refractivity (Wildman–Crippen MR) is 49.9 cm³/mol. The first-order chi connectivity index (χ1) is 5.24. The molecule has 0 amide bonds. The molecule has 1 aromatic rings. The zero-order chi connectivity index (χ0) is 8.27. The first-order valence-corrected chi connectivity index (χ1v) is 4.30. The normalized spacial score (nSPS) is 10.1. The zero-order valence-electron chi connectivity index (χ0n) is 7.65. The van der Waals surface area contributed by atoms with Crippen LogP contribution >= 0.6 is 0 Å². The molecule has 0 aliphatic rings. The van der Waals surface area contributed by atoms with Gasteiger partial charge in [0.15, 0.2) is 0 Å². The van der Waals surface area contributed by atoms with E-state index in [1.165, 1.54) is 29.5 Å². The van der Waals surface area contributed by atoms with Crippen molar-refractivity contribution in [2.45, 2.75) is 33.6 Å². The highest BCUT2D eigenvalue weighted by molar-refractivity contribution is 5.30. The van der Waals surface area contributed by atoms with Gasteiger partial charge in [-0.05, 0) is 31.4 Å². The molecule has 60 valence electrons. The van der Waals surface area contributed by atoms with Crippen LogP contribution in [0.4, 0.5) is 0 Å². The smallest absolute Gasteiger partial charge is 0.0279 e. The summed E-state index contributed by atoms with van der Waals surface area (Å²) < 4.78 is 0. The summed E-state index contributed by atoms with van der Waals surface area (Å²) in [6.07, 6.45) is 2.46. The molecule has 0 atom stereocenters. The van der Waals surface area contributed by atoms with Crippen LogP contribution in [0.3, 0.4) is 0 Å². The fourth-order valence-corrected chi connectivity index (χ4v) is 1.34. The van der Waals surface area contributed by atoms with Crippen molar-refractivity contribution in [3.05, 3.63) is 34.9 Å². The molecule has 0 fully saturated rings. The van der Waals surface area contributed by atoms with E-state index in [4.69, 9.17) is 0 Å². The molecule has 11 heavy (non-hydrogen) atoms. The summed E-state index contributed by atoms with van der Waals surface area (Å²) >= 11 is 0. The van der Waals surface area contributed by atoms with E-state index in [0.717, 1.165) is 0 Å². The molecule has 0 bridgehead atoms. The van der Waals surface area contributed by atoms with Crippen molar-refractivity contribution in [3.8, 4) is 0 Å². The van der Waals surface area contributed by atoms with Gasteiger partial charge in [0.1, 0.15) is 0 Å². The summed E-state index contributed by atoms with van der Waals surface area (Å²) in [5.74, 6) is 0. The van der Waals surface area contributed by atoms with Crippen molar-refractivity contribution in [1.29, 1.82) is 0 Å². The molecule has 0 saturated heterocycles. The second-order valence-electron chi connectivity index (χ2n) is 3.18. The minimum Gasteiger partial charge on any atom is -0.0651 e. The van der Waals surface area contributed by atoms with Gasteiger partial charge in [0, 0.05) is 0 Å². The molecule has 0 radical (unpaired) electrons. The molecular formula is C11H16. The zero-order valence-corrected chi connectivity index (χ0v) is 7.65. The van der Waals surface area contributed by atoms with E-state index in [1.807, 2.05) is 0 Å². The number of aryl methyl sites for hydroxylation is 3. The van der Waals surface area contributed by atoms with Crippen LogP contribution in [0.1, 0.15) is 30.0 Å². The van der Waals surface area contributed by atoms with E-state index in [2.05, 4.69) is 39.0 Å². The third-order valence-corrected chi connectivity index (χ3v) is 2.02. The average Bonchev–Trinajstić information content (AvgIpc) is 1.98. The van der Waals surface area contributed by atoms with Crippen LogP contribution in [0.15, 0.2) is 18.2 Å². The van der Waals surface area contributed by atoms with Gasteiger partial charge in [-0.15, -0.1) is 0 Å². The molecular weight excluding hydrogens is 132 g/mol. The molecule has 0 aliphatic heterocycles. The third kappa shape index (κ3) is 2.07. The molecule has 1 aromatic carbocycles. The largest absolute Gasteiger partial charge is 0.0651 e. The maximum absolute atomic E-state index is 2.29. The first kappa shape index (κ1) is 8.32. The highest BCUT2D eigenvalue weighted by atomic mass is 14.0. The summed E-state index contributed by atoms with van der Waals surface area (Å²) in [6.45, 7) is 6.56. The lowest BCUT2D eigenvalue weighted by Gasteiger charge is -2.04. The van der Waals surface area contributed by atoms with E-state index < -0.39 is 0 Å². The monoisotopic (exact) mass is 148 g/mol. The summed E-state index contributed by atoms with van der Waals surface area (Å²) in [5, 5.41) is 0. The molecule has 0 aliphatic carbocycles. The maximum atomic E-state index is 2.29. The maximum Gasteiger partial charge on any atom is -0.0279 e. The standard InChI is InChI=1S/C11H16/c1-4-5-11-8-9(2)6-7-10(11)3/h6-8H,4-5H2,1-3H3. The third-order valence-electron chi connectivity index (χ3n) is 2.02. The van der Waals surface area contributed by atoms with Crippen LogP contribution in [-0.2, 0) is 6.42 Å². The number of hydrogen-bond acceptors (Lipinski definition) is 0. The van der Waals surface area contributed by atoms with Crippen molar-refractivity contribution < 1.29 is 0 Å². The molecule has 0 unspecified atom stereocenters. The van der Waals surface area contributed by atoms with Gasteiger partial charge in [0.05, 0.1) is 0 Å². The van der Waals surface area contributed by atoms with E-state index in [0.29, 0.717) is 0 Å². The molecule has 0 heteroatoms. The van der Waals surface area contributed by atoms with E-state index in [-0.39, 0.29) is 0 Å².